The second kappa shape index (κ2) is 5.39. The SMILES string of the molecule is CC(C)c1cnc(C2CCCNCC2)nc1. The van der Waals surface area contributed by atoms with E-state index in [2.05, 4.69) is 29.1 Å². The Labute approximate surface area is 97.7 Å². The summed E-state index contributed by atoms with van der Waals surface area (Å²) in [6.45, 7) is 6.59. The molecule has 0 bridgehead atoms. The smallest absolute Gasteiger partial charge is 0.131 e. The normalized spacial score (nSPS) is 22.1. The lowest BCUT2D eigenvalue weighted by Gasteiger charge is -2.12. The Balaban J connectivity index is 2.07. The predicted octanol–water partition coefficient (Wildman–Crippen LogP) is 2.46. The van der Waals surface area contributed by atoms with Gasteiger partial charge in [-0.25, -0.2) is 9.97 Å². The average Bonchev–Trinajstić information content (AvgIpc) is 2.57. The third kappa shape index (κ3) is 2.79. The highest BCUT2D eigenvalue weighted by molar-refractivity contribution is 5.11. The Kier molecular flexibility index (Phi) is 3.88. The fourth-order valence-corrected chi connectivity index (χ4v) is 2.13. The van der Waals surface area contributed by atoms with Crippen molar-refractivity contribution in [2.45, 2.75) is 44.9 Å². The van der Waals surface area contributed by atoms with Crippen LogP contribution in [0.5, 0.6) is 0 Å². The number of rotatable bonds is 2. The summed E-state index contributed by atoms with van der Waals surface area (Å²) in [6.07, 6.45) is 7.60. The zero-order valence-corrected chi connectivity index (χ0v) is 10.2. The first kappa shape index (κ1) is 11.5. The second-order valence-corrected chi connectivity index (χ2v) is 4.91. The summed E-state index contributed by atoms with van der Waals surface area (Å²) in [7, 11) is 0. The topological polar surface area (TPSA) is 37.8 Å². The number of nitrogens with zero attached hydrogens (tertiary/aromatic N) is 2. The minimum absolute atomic E-state index is 0.518. The van der Waals surface area contributed by atoms with Crippen molar-refractivity contribution >= 4 is 0 Å². The quantitative estimate of drug-likeness (QED) is 0.830. The van der Waals surface area contributed by atoms with Gasteiger partial charge in [-0.2, -0.15) is 0 Å². The van der Waals surface area contributed by atoms with Gasteiger partial charge in [0.1, 0.15) is 5.82 Å². The van der Waals surface area contributed by atoms with Crippen LogP contribution < -0.4 is 5.32 Å². The minimum Gasteiger partial charge on any atom is -0.317 e. The first-order valence-electron chi connectivity index (χ1n) is 6.30. The zero-order valence-electron chi connectivity index (χ0n) is 10.2. The van der Waals surface area contributed by atoms with Gasteiger partial charge in [-0.05, 0) is 43.8 Å². The van der Waals surface area contributed by atoms with Gasteiger partial charge in [0.05, 0.1) is 0 Å². The summed E-state index contributed by atoms with van der Waals surface area (Å²) >= 11 is 0. The van der Waals surface area contributed by atoms with Gasteiger partial charge in [0.2, 0.25) is 0 Å². The van der Waals surface area contributed by atoms with Crippen molar-refractivity contribution in [2.24, 2.45) is 0 Å². The Bertz CT molecular complexity index is 310. The molecule has 0 radical (unpaired) electrons. The van der Waals surface area contributed by atoms with Crippen molar-refractivity contribution in [1.29, 1.82) is 0 Å². The van der Waals surface area contributed by atoms with Gasteiger partial charge >= 0.3 is 0 Å². The van der Waals surface area contributed by atoms with Crippen LogP contribution in [0.1, 0.15) is 56.3 Å². The maximum atomic E-state index is 4.53. The maximum Gasteiger partial charge on any atom is 0.131 e. The van der Waals surface area contributed by atoms with E-state index in [1.165, 1.54) is 24.8 Å². The van der Waals surface area contributed by atoms with E-state index in [9.17, 15) is 0 Å². The Hall–Kier alpha value is -0.960. The Morgan fingerprint density at radius 2 is 1.94 bits per heavy atom. The monoisotopic (exact) mass is 219 g/mol. The van der Waals surface area contributed by atoms with Gasteiger partial charge in [0, 0.05) is 18.3 Å². The van der Waals surface area contributed by atoms with E-state index in [0.717, 1.165) is 18.9 Å². The molecule has 1 atom stereocenters. The molecule has 2 rings (SSSR count). The molecule has 0 aliphatic carbocycles. The Morgan fingerprint density at radius 1 is 1.19 bits per heavy atom. The van der Waals surface area contributed by atoms with E-state index in [0.29, 0.717) is 11.8 Å². The van der Waals surface area contributed by atoms with Crippen LogP contribution >= 0.6 is 0 Å². The van der Waals surface area contributed by atoms with E-state index in [-0.39, 0.29) is 0 Å². The summed E-state index contributed by atoms with van der Waals surface area (Å²) in [4.78, 5) is 9.05. The lowest BCUT2D eigenvalue weighted by molar-refractivity contribution is 0.573. The van der Waals surface area contributed by atoms with Crippen LogP contribution in [-0.4, -0.2) is 23.1 Å². The summed E-state index contributed by atoms with van der Waals surface area (Å²) < 4.78 is 0. The molecule has 1 aliphatic rings. The third-order valence-electron chi connectivity index (χ3n) is 3.30. The van der Waals surface area contributed by atoms with Crippen molar-refractivity contribution in [3.05, 3.63) is 23.8 Å². The van der Waals surface area contributed by atoms with Crippen LogP contribution in [0, 0.1) is 0 Å². The van der Waals surface area contributed by atoms with Crippen molar-refractivity contribution in [1.82, 2.24) is 15.3 Å². The van der Waals surface area contributed by atoms with Gasteiger partial charge in [-0.3, -0.25) is 0 Å². The van der Waals surface area contributed by atoms with E-state index in [1.54, 1.807) is 0 Å². The van der Waals surface area contributed by atoms with Crippen molar-refractivity contribution < 1.29 is 0 Å². The first-order valence-corrected chi connectivity index (χ1v) is 6.30. The standard InChI is InChI=1S/C13H21N3/c1-10(2)12-8-15-13(16-9-12)11-4-3-6-14-7-5-11/h8-11,14H,3-7H2,1-2H3. The van der Waals surface area contributed by atoms with Crippen LogP contribution in [0.25, 0.3) is 0 Å². The van der Waals surface area contributed by atoms with Gasteiger partial charge in [-0.1, -0.05) is 13.8 Å². The molecule has 0 spiro atoms. The highest BCUT2D eigenvalue weighted by Crippen LogP contribution is 2.23. The number of aromatic nitrogens is 2. The number of hydrogen-bond donors (Lipinski definition) is 1. The molecule has 0 aromatic carbocycles. The molecule has 2 heterocycles. The zero-order chi connectivity index (χ0) is 11.4. The number of hydrogen-bond acceptors (Lipinski definition) is 3. The van der Waals surface area contributed by atoms with E-state index < -0.39 is 0 Å². The average molecular weight is 219 g/mol. The highest BCUT2D eigenvalue weighted by atomic mass is 14.9. The number of nitrogens with one attached hydrogen (secondary N) is 1. The minimum atomic E-state index is 0.518. The molecule has 1 saturated heterocycles. The summed E-state index contributed by atoms with van der Waals surface area (Å²) in [5, 5.41) is 3.42. The van der Waals surface area contributed by atoms with Crippen LogP contribution in [-0.2, 0) is 0 Å². The van der Waals surface area contributed by atoms with Gasteiger partial charge < -0.3 is 5.32 Å². The fraction of sp³-hybridized carbons (Fsp3) is 0.692. The van der Waals surface area contributed by atoms with Crippen LogP contribution in [0.4, 0.5) is 0 Å². The van der Waals surface area contributed by atoms with Crippen LogP contribution in [0.15, 0.2) is 12.4 Å². The molecule has 1 fully saturated rings. The fourth-order valence-electron chi connectivity index (χ4n) is 2.13. The van der Waals surface area contributed by atoms with Crippen molar-refractivity contribution in [2.75, 3.05) is 13.1 Å². The summed E-state index contributed by atoms with van der Waals surface area (Å²) in [6, 6.07) is 0. The van der Waals surface area contributed by atoms with E-state index in [4.69, 9.17) is 0 Å². The van der Waals surface area contributed by atoms with Gasteiger partial charge in [0.25, 0.3) is 0 Å². The predicted molar refractivity (Wildman–Crippen MR) is 65.6 cm³/mol. The molecule has 1 aromatic rings. The lowest BCUT2D eigenvalue weighted by atomic mass is 9.99. The molecule has 1 N–H and O–H groups in total. The molecule has 3 heteroatoms. The summed E-state index contributed by atoms with van der Waals surface area (Å²) in [5.74, 6) is 2.11. The molecule has 1 aliphatic heterocycles. The maximum absolute atomic E-state index is 4.53. The Morgan fingerprint density at radius 3 is 2.62 bits per heavy atom. The molecule has 88 valence electrons. The summed E-state index contributed by atoms with van der Waals surface area (Å²) in [5.41, 5.74) is 1.23. The molecule has 1 unspecified atom stereocenters. The third-order valence-corrected chi connectivity index (χ3v) is 3.30. The van der Waals surface area contributed by atoms with Crippen LogP contribution in [0.2, 0.25) is 0 Å². The molecule has 0 saturated carbocycles. The molecule has 0 amide bonds. The molecular weight excluding hydrogens is 198 g/mol. The lowest BCUT2D eigenvalue weighted by Crippen LogP contribution is -2.14. The van der Waals surface area contributed by atoms with Gasteiger partial charge in [-0.15, -0.1) is 0 Å². The molecule has 16 heavy (non-hydrogen) atoms. The molecular formula is C13H21N3. The van der Waals surface area contributed by atoms with Gasteiger partial charge in [0.15, 0.2) is 0 Å². The van der Waals surface area contributed by atoms with Crippen molar-refractivity contribution in [3.63, 3.8) is 0 Å². The van der Waals surface area contributed by atoms with E-state index in [1.807, 2.05) is 12.4 Å². The second-order valence-electron chi connectivity index (χ2n) is 4.91. The highest BCUT2D eigenvalue weighted by Gasteiger charge is 2.16. The molecule has 3 nitrogen and oxygen atoms in total. The first-order chi connectivity index (χ1) is 7.77. The largest absolute Gasteiger partial charge is 0.317 e. The molecule has 1 aromatic heterocycles. The van der Waals surface area contributed by atoms with Crippen LogP contribution in [0.3, 0.4) is 0 Å². The van der Waals surface area contributed by atoms with Crippen molar-refractivity contribution in [3.8, 4) is 0 Å². The van der Waals surface area contributed by atoms with E-state index >= 15 is 0 Å².